The van der Waals surface area contributed by atoms with Crippen LogP contribution in [0.5, 0.6) is 11.5 Å². The van der Waals surface area contributed by atoms with Crippen LogP contribution >= 0.6 is 0 Å². The molecule has 2 heterocycles. The number of hydrogen-bond acceptors (Lipinski definition) is 6. The van der Waals surface area contributed by atoms with E-state index < -0.39 is 5.92 Å². The summed E-state index contributed by atoms with van der Waals surface area (Å²) < 4.78 is 17.5. The number of hydrogen-bond donors (Lipinski definition) is 2. The minimum Gasteiger partial charge on any atom is -0.454 e. The van der Waals surface area contributed by atoms with Crippen LogP contribution in [-0.2, 0) is 33.8 Å². The van der Waals surface area contributed by atoms with E-state index in [2.05, 4.69) is 16.7 Å². The molecule has 9 nitrogen and oxygen atoms in total. The van der Waals surface area contributed by atoms with Gasteiger partial charge in [0, 0.05) is 37.3 Å². The fourth-order valence-corrected chi connectivity index (χ4v) is 3.90. The Morgan fingerprint density at radius 3 is 2.82 bits per heavy atom. The number of aromatic nitrogens is 1. The summed E-state index contributed by atoms with van der Waals surface area (Å²) in [5.41, 5.74) is 2.56. The normalized spacial score (nSPS) is 12.8. The minimum absolute atomic E-state index is 0.136. The first-order valence-electron chi connectivity index (χ1n) is 11.0. The number of nitrogens with one attached hydrogen (secondary N) is 2. The molecule has 176 valence electrons. The molecule has 1 aliphatic heterocycles. The van der Waals surface area contributed by atoms with E-state index in [1.165, 1.54) is 0 Å². The summed E-state index contributed by atoms with van der Waals surface area (Å²) in [6.07, 6.45) is 2.08. The van der Waals surface area contributed by atoms with E-state index in [0.717, 1.165) is 22.0 Å². The lowest BCUT2D eigenvalue weighted by Crippen LogP contribution is -2.31. The molecule has 1 atom stereocenters. The third-order valence-corrected chi connectivity index (χ3v) is 5.61. The third kappa shape index (κ3) is 5.30. The fourth-order valence-electron chi connectivity index (χ4n) is 3.90. The first kappa shape index (κ1) is 23.1. The van der Waals surface area contributed by atoms with Crippen molar-refractivity contribution in [1.82, 2.24) is 15.2 Å². The molecule has 0 radical (unpaired) electrons. The molecule has 0 saturated heterocycles. The molecule has 0 fully saturated rings. The van der Waals surface area contributed by atoms with Gasteiger partial charge in [0.05, 0.1) is 12.7 Å². The molecule has 0 saturated carbocycles. The molecule has 2 aromatic carbocycles. The van der Waals surface area contributed by atoms with Crippen LogP contribution in [0.3, 0.4) is 0 Å². The van der Waals surface area contributed by atoms with Crippen molar-refractivity contribution in [3.05, 3.63) is 59.8 Å². The highest BCUT2D eigenvalue weighted by atomic mass is 16.7. The van der Waals surface area contributed by atoms with E-state index in [1.807, 2.05) is 47.2 Å². The Morgan fingerprint density at radius 1 is 1.18 bits per heavy atom. The van der Waals surface area contributed by atoms with Crippen molar-refractivity contribution >= 4 is 22.7 Å². The summed E-state index contributed by atoms with van der Waals surface area (Å²) in [5, 5.41) is 16.3. The highest BCUT2D eigenvalue weighted by molar-refractivity contribution is 5.88. The summed E-state index contributed by atoms with van der Waals surface area (Å²) >= 11 is 0. The van der Waals surface area contributed by atoms with E-state index in [9.17, 15) is 14.9 Å². The van der Waals surface area contributed by atoms with Crippen LogP contribution in [0.1, 0.15) is 11.1 Å². The molecule has 1 aromatic heterocycles. The fraction of sp³-hybridized carbons (Fsp3) is 0.320. The molecule has 0 aliphatic carbocycles. The SMILES string of the molecule is COCCNC(=O)Cn1cc(CC(C#N)C(=O)NCc2ccc3c(c2)OCO3)c2ccccc21. The number of rotatable bonds is 10. The Labute approximate surface area is 197 Å². The summed E-state index contributed by atoms with van der Waals surface area (Å²) in [6.45, 7) is 1.47. The number of carbonyl (C=O) groups excluding carboxylic acids is 2. The highest BCUT2D eigenvalue weighted by Gasteiger charge is 2.22. The number of para-hydroxylation sites is 1. The van der Waals surface area contributed by atoms with Crippen LogP contribution in [0.2, 0.25) is 0 Å². The molecular formula is C25H26N4O5. The van der Waals surface area contributed by atoms with Crippen molar-refractivity contribution in [3.63, 3.8) is 0 Å². The maximum Gasteiger partial charge on any atom is 0.240 e. The molecule has 34 heavy (non-hydrogen) atoms. The lowest BCUT2D eigenvalue weighted by atomic mass is 9.99. The number of carbonyl (C=O) groups is 2. The van der Waals surface area contributed by atoms with Gasteiger partial charge in [-0.2, -0.15) is 5.26 Å². The van der Waals surface area contributed by atoms with Crippen LogP contribution < -0.4 is 20.1 Å². The van der Waals surface area contributed by atoms with E-state index in [-0.39, 0.29) is 38.1 Å². The van der Waals surface area contributed by atoms with Gasteiger partial charge >= 0.3 is 0 Å². The van der Waals surface area contributed by atoms with Crippen molar-refractivity contribution in [1.29, 1.82) is 5.26 Å². The summed E-state index contributed by atoms with van der Waals surface area (Å²) in [5.74, 6) is -0.0443. The zero-order valence-corrected chi connectivity index (χ0v) is 18.9. The average Bonchev–Trinajstić information content (AvgIpc) is 3.45. The Morgan fingerprint density at radius 2 is 2.00 bits per heavy atom. The molecule has 0 bridgehead atoms. The number of methoxy groups -OCH3 is 1. The van der Waals surface area contributed by atoms with Gasteiger partial charge in [0.15, 0.2) is 11.5 Å². The number of benzene rings is 2. The molecular weight excluding hydrogens is 436 g/mol. The lowest BCUT2D eigenvalue weighted by Gasteiger charge is -2.10. The van der Waals surface area contributed by atoms with Gasteiger partial charge in [-0.1, -0.05) is 24.3 Å². The number of ether oxygens (including phenoxy) is 3. The Hall–Kier alpha value is -4.03. The predicted molar refractivity (Wildman–Crippen MR) is 124 cm³/mol. The van der Waals surface area contributed by atoms with Gasteiger partial charge in [0.2, 0.25) is 18.6 Å². The molecule has 3 aromatic rings. The van der Waals surface area contributed by atoms with E-state index in [1.54, 1.807) is 13.2 Å². The summed E-state index contributed by atoms with van der Waals surface area (Å²) in [4.78, 5) is 25.1. The van der Waals surface area contributed by atoms with Crippen LogP contribution in [-0.4, -0.2) is 43.4 Å². The topological polar surface area (TPSA) is 115 Å². The Bertz CT molecular complexity index is 1230. The lowest BCUT2D eigenvalue weighted by molar-refractivity contribution is -0.123. The maximum atomic E-state index is 12.8. The second kappa shape index (κ2) is 10.7. The average molecular weight is 463 g/mol. The van der Waals surface area contributed by atoms with E-state index >= 15 is 0 Å². The van der Waals surface area contributed by atoms with Crippen molar-refractivity contribution in [2.24, 2.45) is 5.92 Å². The maximum absolute atomic E-state index is 12.8. The Balaban J connectivity index is 1.43. The first-order valence-corrected chi connectivity index (χ1v) is 11.0. The zero-order chi connectivity index (χ0) is 23.9. The van der Waals surface area contributed by atoms with Crippen molar-refractivity contribution < 1.29 is 23.8 Å². The predicted octanol–water partition coefficient (Wildman–Crippen LogP) is 2.13. The van der Waals surface area contributed by atoms with Crippen molar-refractivity contribution in [2.45, 2.75) is 19.5 Å². The van der Waals surface area contributed by atoms with Crippen LogP contribution in [0, 0.1) is 17.2 Å². The monoisotopic (exact) mass is 462 g/mol. The van der Waals surface area contributed by atoms with Crippen LogP contribution in [0.25, 0.3) is 10.9 Å². The van der Waals surface area contributed by atoms with Gasteiger partial charge in [-0.3, -0.25) is 9.59 Å². The molecule has 9 heteroatoms. The number of amides is 2. The zero-order valence-electron chi connectivity index (χ0n) is 18.9. The van der Waals surface area contributed by atoms with Crippen LogP contribution in [0.15, 0.2) is 48.7 Å². The largest absolute Gasteiger partial charge is 0.454 e. The second-order valence-corrected chi connectivity index (χ2v) is 7.93. The van der Waals surface area contributed by atoms with Gasteiger partial charge in [0.25, 0.3) is 0 Å². The standard InChI is InChI=1S/C25H26N4O5/c1-32-9-8-27-24(30)15-29-14-19(20-4-2-3-5-21(20)29)11-18(12-26)25(31)28-13-17-6-7-22-23(10-17)34-16-33-22/h2-7,10,14,18H,8-9,11,13,15-16H2,1H3,(H,27,30)(H,28,31). The first-order chi connectivity index (χ1) is 16.6. The molecule has 1 unspecified atom stereocenters. The number of nitriles is 1. The molecule has 2 amide bonds. The van der Waals surface area contributed by atoms with Crippen molar-refractivity contribution in [3.8, 4) is 17.6 Å². The van der Waals surface area contributed by atoms with Crippen molar-refractivity contribution in [2.75, 3.05) is 27.1 Å². The van der Waals surface area contributed by atoms with Gasteiger partial charge < -0.3 is 29.4 Å². The quantitative estimate of drug-likeness (QED) is 0.446. The van der Waals surface area contributed by atoms with Gasteiger partial charge in [0.1, 0.15) is 12.5 Å². The van der Waals surface area contributed by atoms with Gasteiger partial charge in [-0.15, -0.1) is 0 Å². The third-order valence-electron chi connectivity index (χ3n) is 5.61. The smallest absolute Gasteiger partial charge is 0.240 e. The number of fused-ring (bicyclic) bond motifs is 2. The molecule has 2 N–H and O–H groups in total. The summed E-state index contributed by atoms with van der Waals surface area (Å²) in [6, 6.07) is 15.2. The van der Waals surface area contributed by atoms with E-state index in [0.29, 0.717) is 24.7 Å². The van der Waals surface area contributed by atoms with Gasteiger partial charge in [-0.25, -0.2) is 0 Å². The second-order valence-electron chi connectivity index (χ2n) is 7.93. The highest BCUT2D eigenvalue weighted by Crippen LogP contribution is 2.32. The minimum atomic E-state index is -0.871. The van der Waals surface area contributed by atoms with Gasteiger partial charge in [-0.05, 0) is 35.7 Å². The van der Waals surface area contributed by atoms with E-state index in [4.69, 9.17) is 14.2 Å². The Kier molecular flexibility index (Phi) is 7.30. The molecule has 0 spiro atoms. The molecule has 4 rings (SSSR count). The summed E-state index contributed by atoms with van der Waals surface area (Å²) in [7, 11) is 1.58. The number of nitrogens with zero attached hydrogens (tertiary/aromatic N) is 2. The molecule has 1 aliphatic rings. The van der Waals surface area contributed by atoms with Crippen LogP contribution in [0.4, 0.5) is 0 Å².